The zero-order valence-electron chi connectivity index (χ0n) is 18.1. The van der Waals surface area contributed by atoms with Crippen molar-refractivity contribution >= 4 is 10.1 Å². The van der Waals surface area contributed by atoms with Gasteiger partial charge in [-0.3, -0.25) is 4.55 Å². The van der Waals surface area contributed by atoms with E-state index >= 15 is 0 Å². The maximum atomic E-state index is 12.3. The Hall–Kier alpha value is -0.414. The molecule has 0 atom stereocenters. The fourth-order valence-electron chi connectivity index (χ4n) is 3.26. The third-order valence-electron chi connectivity index (χ3n) is 4.91. The Morgan fingerprint density at radius 2 is 1.53 bits per heavy atom. The van der Waals surface area contributed by atoms with Gasteiger partial charge in [-0.05, 0) is 36.6 Å². The van der Waals surface area contributed by atoms with E-state index in [1.54, 1.807) is 12.1 Å². The van der Waals surface area contributed by atoms with Crippen molar-refractivity contribution in [2.24, 2.45) is 0 Å². The summed E-state index contributed by atoms with van der Waals surface area (Å²) < 4.78 is 37.0. The Balaban J connectivity index is 0.00000450. The van der Waals surface area contributed by atoms with E-state index in [-0.39, 0.29) is 73.5 Å². The van der Waals surface area contributed by atoms with Crippen LogP contribution in [0.5, 0.6) is 17.2 Å². The molecule has 2 aromatic rings. The van der Waals surface area contributed by atoms with Crippen molar-refractivity contribution in [3.05, 3.63) is 48.0 Å². The number of unbranched alkanes of at least 4 members (excludes halogenated alkanes) is 8. The molecule has 30 heavy (non-hydrogen) atoms. The van der Waals surface area contributed by atoms with E-state index in [1.807, 2.05) is 6.07 Å². The number of hydrogen-bond acceptors (Lipinski definition) is 4. The van der Waals surface area contributed by atoms with Crippen LogP contribution in [0.15, 0.2) is 47.4 Å². The Kier molecular flexibility index (Phi) is 13.5. The number of aryl methyl sites for hydroxylation is 1. The van der Waals surface area contributed by atoms with Crippen molar-refractivity contribution in [3.63, 3.8) is 0 Å². The van der Waals surface area contributed by atoms with Crippen molar-refractivity contribution in [2.75, 3.05) is 0 Å². The van der Waals surface area contributed by atoms with Crippen molar-refractivity contribution < 1.29 is 74.2 Å². The van der Waals surface area contributed by atoms with Gasteiger partial charge in [-0.15, -0.1) is 0 Å². The summed E-state index contributed by atoms with van der Waals surface area (Å²) in [6.07, 6.45) is 12.2. The van der Waals surface area contributed by atoms with Crippen LogP contribution in [-0.2, 0) is 16.5 Å². The molecule has 2 rings (SSSR count). The summed E-state index contributed by atoms with van der Waals surface area (Å²) >= 11 is 0. The zero-order valence-corrected chi connectivity index (χ0v) is 22.0. The van der Waals surface area contributed by atoms with E-state index < -0.39 is 10.1 Å². The van der Waals surface area contributed by atoms with Gasteiger partial charge >= 0.3 is 51.4 Å². The predicted molar refractivity (Wildman–Crippen MR) is 113 cm³/mol. The number of benzene rings is 2. The topological polar surface area (TPSA) is 86.7 Å². The Morgan fingerprint density at radius 3 is 2.13 bits per heavy atom. The molecule has 0 heterocycles. The van der Waals surface area contributed by atoms with Gasteiger partial charge in [0.1, 0.15) is 11.5 Å². The maximum absolute atomic E-state index is 12.3. The molecule has 2 aromatic carbocycles. The standard InChI is InChI=1S/C23H32O5S.K/c1-2-3-4-5-6-7-8-9-10-12-19-15-16-23(22(24)17-19)28-20-13-11-14-21(18-20)29(25,26)27;/h11,13-18,24H,2-10,12H2,1H3,(H,25,26,27);/q;+1/p-1. The molecule has 0 aliphatic heterocycles. The van der Waals surface area contributed by atoms with E-state index in [2.05, 4.69) is 6.92 Å². The summed E-state index contributed by atoms with van der Waals surface area (Å²) in [4.78, 5) is -0.274. The third kappa shape index (κ3) is 10.3. The molecule has 0 bridgehead atoms. The van der Waals surface area contributed by atoms with Crippen LogP contribution < -0.4 is 61.2 Å². The second-order valence-electron chi connectivity index (χ2n) is 7.41. The average Bonchev–Trinajstić information content (AvgIpc) is 2.68. The second kappa shape index (κ2) is 14.6. The summed E-state index contributed by atoms with van der Waals surface area (Å²) in [5, 5.41) is 12.3. The zero-order chi connectivity index (χ0) is 21.1. The van der Waals surface area contributed by atoms with E-state index in [0.29, 0.717) is 0 Å². The molecule has 0 spiro atoms. The van der Waals surface area contributed by atoms with Gasteiger partial charge in [-0.2, -0.15) is 8.42 Å². The van der Waals surface area contributed by atoms with Gasteiger partial charge in [-0.25, -0.2) is 0 Å². The predicted octanol–water partition coefficient (Wildman–Crippen LogP) is 2.88. The number of rotatable bonds is 13. The van der Waals surface area contributed by atoms with Gasteiger partial charge < -0.3 is 9.84 Å². The van der Waals surface area contributed by atoms with Crippen LogP contribution in [0, 0.1) is 0 Å². The molecule has 0 aromatic heterocycles. The molecular formula is C23H31KO5S. The number of ether oxygens (including phenoxy) is 1. The van der Waals surface area contributed by atoms with E-state index in [0.717, 1.165) is 18.4 Å². The van der Waals surface area contributed by atoms with E-state index in [9.17, 15) is 13.5 Å². The Bertz CT molecular complexity index is 868. The van der Waals surface area contributed by atoms with Gasteiger partial charge in [0.25, 0.3) is 10.1 Å². The number of hydrogen-bond donors (Lipinski definition) is 1. The molecule has 0 saturated carbocycles. The summed E-state index contributed by atoms with van der Waals surface area (Å²) in [6.45, 7) is 2.23. The van der Waals surface area contributed by atoms with Crippen molar-refractivity contribution in [2.45, 2.75) is 76.0 Å². The first-order chi connectivity index (χ1) is 13.9. The quantitative estimate of drug-likeness (QED) is 0.283. The first kappa shape index (κ1) is 27.6. The molecule has 0 fully saturated rings. The first-order valence-electron chi connectivity index (χ1n) is 10.5. The molecule has 1 N–H and O–H groups in total. The SMILES string of the molecule is CCCCCCCCCCCc1ccc(Oc2cccc(S(=O)(=O)O)c2)c([O-])c1.[K+]. The van der Waals surface area contributed by atoms with Gasteiger partial charge in [0.05, 0.1) is 4.90 Å². The minimum absolute atomic E-state index is 0. The van der Waals surface area contributed by atoms with Crippen molar-refractivity contribution in [1.82, 2.24) is 0 Å². The van der Waals surface area contributed by atoms with E-state index in [1.165, 1.54) is 75.6 Å². The van der Waals surface area contributed by atoms with Crippen LogP contribution in [0.1, 0.15) is 70.3 Å². The van der Waals surface area contributed by atoms with Crippen molar-refractivity contribution in [3.8, 4) is 17.2 Å². The summed E-state index contributed by atoms with van der Waals surface area (Å²) in [6, 6.07) is 10.5. The largest absolute Gasteiger partial charge is 1.00 e. The fraction of sp³-hybridized carbons (Fsp3) is 0.478. The first-order valence-corrected chi connectivity index (χ1v) is 11.9. The fourth-order valence-corrected chi connectivity index (χ4v) is 3.77. The molecule has 5 nitrogen and oxygen atoms in total. The Morgan fingerprint density at radius 1 is 0.900 bits per heavy atom. The summed E-state index contributed by atoms with van der Waals surface area (Å²) in [5.74, 6) is 0.0768. The van der Waals surface area contributed by atoms with Crippen LogP contribution in [0.25, 0.3) is 0 Å². The van der Waals surface area contributed by atoms with Crippen LogP contribution in [0.4, 0.5) is 0 Å². The molecule has 0 aliphatic carbocycles. The van der Waals surface area contributed by atoms with E-state index in [4.69, 9.17) is 9.29 Å². The summed E-state index contributed by atoms with van der Waals surface area (Å²) in [5.41, 5.74) is 0.983. The van der Waals surface area contributed by atoms with Gasteiger partial charge in [-0.1, -0.05) is 82.2 Å². The molecule has 0 aliphatic rings. The molecule has 0 amide bonds. The molecular weight excluding hydrogens is 427 g/mol. The average molecular weight is 459 g/mol. The smallest absolute Gasteiger partial charge is 0.870 e. The maximum Gasteiger partial charge on any atom is 1.00 e. The molecule has 0 unspecified atom stereocenters. The minimum Gasteiger partial charge on any atom is -0.870 e. The van der Waals surface area contributed by atoms with Gasteiger partial charge in [0.15, 0.2) is 0 Å². The molecule has 0 saturated heterocycles. The van der Waals surface area contributed by atoms with Gasteiger partial charge in [0.2, 0.25) is 0 Å². The Labute approximate surface area is 223 Å². The van der Waals surface area contributed by atoms with Crippen LogP contribution in [0.3, 0.4) is 0 Å². The third-order valence-corrected chi connectivity index (χ3v) is 5.76. The summed E-state index contributed by atoms with van der Waals surface area (Å²) in [7, 11) is -4.32. The van der Waals surface area contributed by atoms with Gasteiger partial charge in [0, 0.05) is 6.07 Å². The minimum atomic E-state index is -4.32. The molecule has 160 valence electrons. The monoisotopic (exact) mass is 458 g/mol. The second-order valence-corrected chi connectivity index (χ2v) is 8.83. The normalized spacial score (nSPS) is 11.1. The van der Waals surface area contributed by atoms with Crippen LogP contribution >= 0.6 is 0 Å². The van der Waals surface area contributed by atoms with Crippen molar-refractivity contribution in [1.29, 1.82) is 0 Å². The van der Waals surface area contributed by atoms with Crippen LogP contribution in [-0.4, -0.2) is 13.0 Å². The molecule has 7 heteroatoms. The van der Waals surface area contributed by atoms with Crippen LogP contribution in [0.2, 0.25) is 0 Å². The molecule has 0 radical (unpaired) electrons.